The number of hydrogen-bond acceptors (Lipinski definition) is 15. The van der Waals surface area contributed by atoms with Gasteiger partial charge in [0.25, 0.3) is 0 Å². The molecule has 15 nitrogen and oxygen atoms in total. The smallest absolute Gasteiger partial charge is 0.308 e. The first-order valence-corrected chi connectivity index (χ1v) is 16.5. The summed E-state index contributed by atoms with van der Waals surface area (Å²) >= 11 is 0. The Morgan fingerprint density at radius 3 is 1.89 bits per heavy atom. The van der Waals surface area contributed by atoms with Crippen LogP contribution in [-0.2, 0) is 52.3 Å². The van der Waals surface area contributed by atoms with E-state index in [1.807, 2.05) is 0 Å². The highest BCUT2D eigenvalue weighted by molar-refractivity contribution is 5.72. The van der Waals surface area contributed by atoms with Gasteiger partial charge in [-0.1, -0.05) is 73.1 Å². The lowest BCUT2D eigenvalue weighted by molar-refractivity contribution is -0.384. The number of carbonyl (C=O) groups is 4. The Labute approximate surface area is 276 Å². The minimum absolute atomic E-state index is 0.0175. The highest BCUT2D eigenvalue weighted by atomic mass is 16.8. The van der Waals surface area contributed by atoms with Crippen LogP contribution in [0.25, 0.3) is 0 Å². The predicted molar refractivity (Wildman–Crippen MR) is 162 cm³/mol. The molecule has 2 aliphatic rings. The van der Waals surface area contributed by atoms with Crippen LogP contribution in [0, 0.1) is 11.8 Å². The third-order valence-electron chi connectivity index (χ3n) is 7.94. The second-order valence-electron chi connectivity index (χ2n) is 12.6. The van der Waals surface area contributed by atoms with Crippen LogP contribution in [0.3, 0.4) is 0 Å². The summed E-state index contributed by atoms with van der Waals surface area (Å²) in [7, 11) is 0. The van der Waals surface area contributed by atoms with Crippen LogP contribution >= 0.6 is 0 Å². The summed E-state index contributed by atoms with van der Waals surface area (Å²) in [6.07, 6.45) is -6.45. The van der Waals surface area contributed by atoms with E-state index in [4.69, 9.17) is 33.2 Å². The van der Waals surface area contributed by atoms with Gasteiger partial charge in [-0.2, -0.15) is 0 Å². The number of unbranched alkanes of at least 4 members (excludes halogenated alkanes) is 6. The van der Waals surface area contributed by atoms with Crippen molar-refractivity contribution in [1.29, 1.82) is 0 Å². The number of aliphatic hydroxyl groups excluding tert-OH is 4. The van der Waals surface area contributed by atoms with Gasteiger partial charge in [-0.25, -0.2) is 0 Å². The number of carbonyl (C=O) groups excluding carboxylic acids is 4. The lowest BCUT2D eigenvalue weighted by Crippen LogP contribution is -2.65. The van der Waals surface area contributed by atoms with Crippen LogP contribution in [0.4, 0.5) is 0 Å². The van der Waals surface area contributed by atoms with Crippen molar-refractivity contribution in [1.82, 2.24) is 0 Å². The number of esters is 4. The lowest BCUT2D eigenvalue weighted by atomic mass is 9.97. The molecule has 0 aromatic heterocycles. The molecule has 0 amide bonds. The van der Waals surface area contributed by atoms with Crippen molar-refractivity contribution in [2.75, 3.05) is 19.8 Å². The Bertz CT molecular complexity index is 1000. The summed E-state index contributed by atoms with van der Waals surface area (Å²) in [5, 5.41) is 42.1. The molecule has 0 bridgehead atoms. The average Bonchev–Trinajstić information content (AvgIpc) is 3.28. The van der Waals surface area contributed by atoms with Gasteiger partial charge in [-0.15, -0.1) is 0 Å². The molecule has 0 radical (unpaired) electrons. The van der Waals surface area contributed by atoms with E-state index in [-0.39, 0.29) is 6.42 Å². The van der Waals surface area contributed by atoms with Gasteiger partial charge in [-0.3, -0.25) is 19.2 Å². The Hall–Kier alpha value is -2.40. The molecule has 0 spiro atoms. The quantitative estimate of drug-likeness (QED) is 0.0860. The van der Waals surface area contributed by atoms with E-state index in [0.717, 1.165) is 45.4 Å². The third kappa shape index (κ3) is 11.6. The summed E-state index contributed by atoms with van der Waals surface area (Å²) < 4.78 is 39.8. The molecule has 4 N–H and O–H groups in total. The fourth-order valence-electron chi connectivity index (χ4n) is 5.16. The first-order valence-electron chi connectivity index (χ1n) is 16.5. The number of ether oxygens (including phenoxy) is 7. The Morgan fingerprint density at radius 2 is 1.34 bits per heavy atom. The van der Waals surface area contributed by atoms with Gasteiger partial charge in [-0.05, 0) is 6.42 Å². The molecule has 2 saturated heterocycles. The van der Waals surface area contributed by atoms with Gasteiger partial charge in [0.15, 0.2) is 18.3 Å². The molecule has 0 aromatic rings. The largest absolute Gasteiger partial charge is 0.460 e. The lowest BCUT2D eigenvalue weighted by Gasteiger charge is -2.46. The minimum atomic E-state index is -2.36. The zero-order valence-electron chi connectivity index (χ0n) is 28.3. The molecular weight excluding hydrogens is 624 g/mol. The fraction of sp³-hybridized carbons (Fsp3) is 0.875. The molecule has 0 saturated carbocycles. The van der Waals surface area contributed by atoms with Gasteiger partial charge in [0.2, 0.25) is 12.1 Å². The van der Waals surface area contributed by atoms with E-state index in [9.17, 15) is 39.6 Å². The van der Waals surface area contributed by atoms with Gasteiger partial charge in [0.1, 0.15) is 31.0 Å². The summed E-state index contributed by atoms with van der Waals surface area (Å²) in [6, 6.07) is 0. The SMILES string of the molecule is CCCCCCCCCC(=O)O[C@H]1[C@@H](O[C@]2(COC(C)=O)O[C@H](CO)[C@@H](O)[C@@H]2OC(=O)C(C)C)O[C@H](CO)[C@@H](O)[C@@H]1OC(=O)C(C)C. The molecule has 47 heavy (non-hydrogen) atoms. The average molecular weight is 679 g/mol. The molecule has 0 aromatic carbocycles. The van der Waals surface area contributed by atoms with E-state index in [2.05, 4.69) is 6.92 Å². The monoisotopic (exact) mass is 678 g/mol. The maximum absolute atomic E-state index is 13.1. The standard InChI is InChI=1S/C32H54O15/c1-7-8-9-10-11-12-13-14-23(36)43-27-26(44-29(39)18(2)3)24(37)21(15-33)42-31(27)47-32(17-41-20(6)35)28(45-30(40)19(4)5)25(38)22(16-34)46-32/h18-19,21-22,24-28,31,33-34,37-38H,7-17H2,1-6H3/t21-,22-,24-,25-,26+,27-,28+,31-,32+/m1/s1. The number of rotatable bonds is 19. The van der Waals surface area contributed by atoms with E-state index in [1.54, 1.807) is 13.8 Å². The summed E-state index contributed by atoms with van der Waals surface area (Å²) in [5.41, 5.74) is 0. The molecule has 272 valence electrons. The second-order valence-corrected chi connectivity index (χ2v) is 12.6. The molecule has 2 heterocycles. The highest BCUT2D eigenvalue weighted by Crippen LogP contribution is 2.40. The first-order chi connectivity index (χ1) is 22.2. The fourth-order valence-corrected chi connectivity index (χ4v) is 5.16. The molecule has 2 fully saturated rings. The topological polar surface area (TPSA) is 214 Å². The molecule has 2 aliphatic heterocycles. The Kier molecular flexibility index (Phi) is 17.0. The van der Waals surface area contributed by atoms with Crippen LogP contribution in [0.15, 0.2) is 0 Å². The van der Waals surface area contributed by atoms with Crippen molar-refractivity contribution in [3.8, 4) is 0 Å². The Balaban J connectivity index is 2.49. The number of hydrogen-bond donors (Lipinski definition) is 4. The van der Waals surface area contributed by atoms with Crippen LogP contribution in [-0.4, -0.2) is 119 Å². The Morgan fingerprint density at radius 1 is 0.766 bits per heavy atom. The van der Waals surface area contributed by atoms with Crippen molar-refractivity contribution in [3.63, 3.8) is 0 Å². The van der Waals surface area contributed by atoms with Crippen molar-refractivity contribution < 1.29 is 72.8 Å². The van der Waals surface area contributed by atoms with Crippen LogP contribution < -0.4 is 0 Å². The van der Waals surface area contributed by atoms with Crippen molar-refractivity contribution in [2.24, 2.45) is 11.8 Å². The van der Waals surface area contributed by atoms with Gasteiger partial charge < -0.3 is 53.6 Å². The molecule has 9 atom stereocenters. The minimum Gasteiger partial charge on any atom is -0.460 e. The van der Waals surface area contributed by atoms with Crippen LogP contribution in [0.1, 0.15) is 92.9 Å². The van der Waals surface area contributed by atoms with Crippen LogP contribution in [0.2, 0.25) is 0 Å². The maximum atomic E-state index is 13.1. The normalized spacial score (nSPS) is 30.7. The summed E-state index contributed by atoms with van der Waals surface area (Å²) in [5.74, 6) is -6.77. The van der Waals surface area contributed by atoms with Gasteiger partial charge in [0.05, 0.1) is 25.0 Å². The van der Waals surface area contributed by atoms with E-state index in [0.29, 0.717) is 6.42 Å². The molecule has 0 unspecified atom stereocenters. The molecule has 15 heteroatoms. The van der Waals surface area contributed by atoms with E-state index < -0.39 is 110 Å². The highest BCUT2D eigenvalue weighted by Gasteiger charge is 2.63. The number of aliphatic hydroxyl groups is 4. The van der Waals surface area contributed by atoms with E-state index >= 15 is 0 Å². The zero-order chi connectivity index (χ0) is 35.3. The van der Waals surface area contributed by atoms with Gasteiger partial charge >= 0.3 is 23.9 Å². The van der Waals surface area contributed by atoms with Gasteiger partial charge in [0, 0.05) is 13.3 Å². The van der Waals surface area contributed by atoms with E-state index in [1.165, 1.54) is 13.8 Å². The van der Waals surface area contributed by atoms with Crippen molar-refractivity contribution in [2.45, 2.75) is 148 Å². The van der Waals surface area contributed by atoms with Crippen molar-refractivity contribution in [3.05, 3.63) is 0 Å². The molecule has 0 aliphatic carbocycles. The second kappa shape index (κ2) is 19.6. The molecule has 2 rings (SSSR count). The van der Waals surface area contributed by atoms with Crippen molar-refractivity contribution >= 4 is 23.9 Å². The maximum Gasteiger partial charge on any atom is 0.308 e. The molecular formula is C32H54O15. The first kappa shape index (κ1) is 40.8. The van der Waals surface area contributed by atoms with Crippen LogP contribution in [0.5, 0.6) is 0 Å². The summed E-state index contributed by atoms with van der Waals surface area (Å²) in [6.45, 7) is 7.03. The zero-order valence-corrected chi connectivity index (χ0v) is 28.3. The summed E-state index contributed by atoms with van der Waals surface area (Å²) in [4.78, 5) is 50.5. The third-order valence-corrected chi connectivity index (χ3v) is 7.94. The predicted octanol–water partition coefficient (Wildman–Crippen LogP) is 1.28.